The van der Waals surface area contributed by atoms with Gasteiger partial charge in [0.15, 0.2) is 10.4 Å². The number of aromatic nitrogens is 2. The largest absolute Gasteiger partial charge is 0.450 e. The lowest BCUT2D eigenvalue weighted by atomic mass is 9.90. The van der Waals surface area contributed by atoms with Crippen LogP contribution in [0.25, 0.3) is 17.3 Å². The van der Waals surface area contributed by atoms with Crippen LogP contribution >= 0.6 is 39.1 Å². The van der Waals surface area contributed by atoms with Crippen LogP contribution in [0.1, 0.15) is 58.9 Å². The van der Waals surface area contributed by atoms with Crippen LogP contribution in [0.4, 0.5) is 0 Å². The first kappa shape index (κ1) is 23.9. The molecular formula is C27H22BrCl2N3O2. The quantitative estimate of drug-likeness (QED) is 0.265. The van der Waals surface area contributed by atoms with Gasteiger partial charge in [-0.05, 0) is 89.7 Å². The molecule has 1 N–H and O–H groups in total. The second-order valence-corrected chi connectivity index (χ2v) is 10.1. The van der Waals surface area contributed by atoms with Crippen molar-refractivity contribution in [2.75, 3.05) is 0 Å². The number of hydrogen-bond donors (Lipinski definition) is 1. The maximum absolute atomic E-state index is 13.5. The van der Waals surface area contributed by atoms with E-state index in [0.717, 1.165) is 47.4 Å². The van der Waals surface area contributed by atoms with Gasteiger partial charge in [-0.3, -0.25) is 4.79 Å². The lowest BCUT2D eigenvalue weighted by Crippen LogP contribution is -2.28. The molecule has 0 spiro atoms. The molecule has 1 aliphatic rings. The van der Waals surface area contributed by atoms with Crippen molar-refractivity contribution in [3.63, 3.8) is 0 Å². The zero-order chi connectivity index (χ0) is 24.5. The molecule has 4 aromatic rings. The molecular weight excluding hydrogens is 549 g/mol. The molecule has 0 aliphatic heterocycles. The topological polar surface area (TPSA) is 60.1 Å². The first-order chi connectivity index (χ1) is 16.9. The molecule has 2 aromatic carbocycles. The number of carbonyl (C=O) groups excluding carboxylic acids is 1. The Morgan fingerprint density at radius 3 is 2.66 bits per heavy atom. The fourth-order valence-corrected chi connectivity index (χ4v) is 5.22. The molecule has 1 amide bonds. The van der Waals surface area contributed by atoms with E-state index in [0.29, 0.717) is 26.1 Å². The molecule has 2 heterocycles. The Bertz CT molecular complexity index is 1430. The standard InChI is InChI=1S/C27H22BrCl2N3O2/c1-16(17-6-3-2-4-7-17)31-27(34)25-21-9-5-8-18(14-20-11-13-24(28)35-20)26(21)33(32-25)23-12-10-19(29)15-22(23)30/h2-4,6-7,10-16H,5,8-9H2,1H3,(H,31,34)/b18-14+/t16-/m1/s1. The van der Waals surface area contributed by atoms with E-state index in [1.807, 2.05) is 61.5 Å². The zero-order valence-electron chi connectivity index (χ0n) is 18.9. The second-order valence-electron chi connectivity index (χ2n) is 8.45. The van der Waals surface area contributed by atoms with E-state index in [1.165, 1.54) is 0 Å². The van der Waals surface area contributed by atoms with Crippen LogP contribution in [0.2, 0.25) is 10.0 Å². The summed E-state index contributed by atoms with van der Waals surface area (Å²) in [7, 11) is 0. The lowest BCUT2D eigenvalue weighted by Gasteiger charge is -2.19. The Hall–Kier alpha value is -2.80. The second kappa shape index (κ2) is 10.1. The van der Waals surface area contributed by atoms with Crippen LogP contribution < -0.4 is 5.32 Å². The molecule has 0 fully saturated rings. The SMILES string of the molecule is C[C@@H](NC(=O)c1nn(-c2ccc(Cl)cc2Cl)c2c1CCC/C2=C\c1ccc(Br)o1)c1ccccc1. The first-order valence-electron chi connectivity index (χ1n) is 11.3. The number of allylic oxidation sites excluding steroid dienone is 1. The van der Waals surface area contributed by atoms with Gasteiger partial charge in [-0.2, -0.15) is 5.10 Å². The predicted octanol–water partition coefficient (Wildman–Crippen LogP) is 7.90. The van der Waals surface area contributed by atoms with Gasteiger partial charge >= 0.3 is 0 Å². The summed E-state index contributed by atoms with van der Waals surface area (Å²) in [4.78, 5) is 13.5. The van der Waals surface area contributed by atoms with Crippen molar-refractivity contribution in [3.05, 3.63) is 104 Å². The summed E-state index contributed by atoms with van der Waals surface area (Å²) in [6.07, 6.45) is 4.46. The molecule has 8 heteroatoms. The normalized spacial score (nSPS) is 15.1. The summed E-state index contributed by atoms with van der Waals surface area (Å²) in [5, 5.41) is 8.89. The number of amides is 1. The third-order valence-corrected chi connectivity index (χ3v) is 7.04. The number of rotatable bonds is 5. The monoisotopic (exact) mass is 569 g/mol. The Kier molecular flexibility index (Phi) is 6.87. The summed E-state index contributed by atoms with van der Waals surface area (Å²) < 4.78 is 8.15. The van der Waals surface area contributed by atoms with E-state index in [-0.39, 0.29) is 11.9 Å². The molecule has 0 saturated carbocycles. The van der Waals surface area contributed by atoms with E-state index in [1.54, 1.807) is 16.8 Å². The number of carbonyl (C=O) groups is 1. The average Bonchev–Trinajstić information content (AvgIpc) is 3.43. The maximum atomic E-state index is 13.5. The molecule has 2 aromatic heterocycles. The van der Waals surface area contributed by atoms with Gasteiger partial charge in [0, 0.05) is 10.6 Å². The number of fused-ring (bicyclic) bond motifs is 1. The predicted molar refractivity (Wildman–Crippen MR) is 143 cm³/mol. The molecule has 5 rings (SSSR count). The maximum Gasteiger partial charge on any atom is 0.272 e. The van der Waals surface area contributed by atoms with Crippen LogP contribution in [0, 0.1) is 0 Å². The molecule has 35 heavy (non-hydrogen) atoms. The Labute approximate surface area is 221 Å². The fourth-order valence-electron chi connectivity index (χ4n) is 4.41. The number of nitrogens with one attached hydrogen (secondary N) is 1. The highest BCUT2D eigenvalue weighted by Gasteiger charge is 2.30. The minimum absolute atomic E-state index is 0.164. The van der Waals surface area contributed by atoms with Gasteiger partial charge in [0.2, 0.25) is 0 Å². The average molecular weight is 571 g/mol. The molecule has 0 radical (unpaired) electrons. The highest BCUT2D eigenvalue weighted by atomic mass is 79.9. The highest BCUT2D eigenvalue weighted by molar-refractivity contribution is 9.10. The molecule has 1 atom stereocenters. The van der Waals surface area contributed by atoms with E-state index < -0.39 is 0 Å². The number of benzene rings is 2. The molecule has 0 unspecified atom stereocenters. The van der Waals surface area contributed by atoms with Crippen LogP contribution in [-0.4, -0.2) is 15.7 Å². The Morgan fingerprint density at radius 2 is 1.94 bits per heavy atom. The minimum atomic E-state index is -0.219. The molecule has 178 valence electrons. The third-order valence-electron chi connectivity index (χ3n) is 6.07. The number of hydrogen-bond acceptors (Lipinski definition) is 3. The van der Waals surface area contributed by atoms with Gasteiger partial charge in [-0.15, -0.1) is 0 Å². The van der Waals surface area contributed by atoms with Crippen molar-refractivity contribution < 1.29 is 9.21 Å². The Morgan fingerprint density at radius 1 is 1.14 bits per heavy atom. The van der Waals surface area contributed by atoms with Crippen LogP contribution in [0.3, 0.4) is 0 Å². The van der Waals surface area contributed by atoms with Crippen LogP contribution in [0.5, 0.6) is 0 Å². The van der Waals surface area contributed by atoms with E-state index >= 15 is 0 Å². The summed E-state index contributed by atoms with van der Waals surface area (Å²) in [6, 6.07) is 18.7. The van der Waals surface area contributed by atoms with Crippen LogP contribution in [0.15, 0.2) is 69.8 Å². The van der Waals surface area contributed by atoms with Crippen LogP contribution in [-0.2, 0) is 6.42 Å². The number of halogens is 3. The summed E-state index contributed by atoms with van der Waals surface area (Å²) in [6.45, 7) is 1.97. The number of nitrogens with zero attached hydrogens (tertiary/aromatic N) is 2. The van der Waals surface area contributed by atoms with Gasteiger partial charge < -0.3 is 9.73 Å². The van der Waals surface area contributed by atoms with E-state index in [4.69, 9.17) is 32.7 Å². The van der Waals surface area contributed by atoms with Gasteiger partial charge in [-0.25, -0.2) is 4.68 Å². The Balaban J connectivity index is 1.61. The van der Waals surface area contributed by atoms with Gasteiger partial charge in [0.25, 0.3) is 5.91 Å². The van der Waals surface area contributed by atoms with Gasteiger partial charge in [0.05, 0.1) is 22.4 Å². The van der Waals surface area contributed by atoms with Gasteiger partial charge in [0.1, 0.15) is 5.76 Å². The zero-order valence-corrected chi connectivity index (χ0v) is 22.0. The van der Waals surface area contributed by atoms with Crippen molar-refractivity contribution in [3.8, 4) is 5.69 Å². The van der Waals surface area contributed by atoms with Crippen molar-refractivity contribution in [2.45, 2.75) is 32.2 Å². The summed E-state index contributed by atoms with van der Waals surface area (Å²) >= 11 is 16.1. The molecule has 1 aliphatic carbocycles. The highest BCUT2D eigenvalue weighted by Crippen LogP contribution is 2.38. The van der Waals surface area contributed by atoms with E-state index in [2.05, 4.69) is 21.2 Å². The summed E-state index contributed by atoms with van der Waals surface area (Å²) in [5.74, 6) is 0.502. The fraction of sp³-hybridized carbons (Fsp3) is 0.185. The molecule has 5 nitrogen and oxygen atoms in total. The first-order valence-corrected chi connectivity index (χ1v) is 12.8. The molecule has 0 saturated heterocycles. The number of furan rings is 1. The van der Waals surface area contributed by atoms with Crippen molar-refractivity contribution >= 4 is 56.7 Å². The minimum Gasteiger partial charge on any atom is -0.450 e. The van der Waals surface area contributed by atoms with Crippen molar-refractivity contribution in [2.24, 2.45) is 0 Å². The van der Waals surface area contributed by atoms with E-state index in [9.17, 15) is 4.79 Å². The molecule has 0 bridgehead atoms. The lowest BCUT2D eigenvalue weighted by molar-refractivity contribution is 0.0933. The van der Waals surface area contributed by atoms with Crippen molar-refractivity contribution in [1.82, 2.24) is 15.1 Å². The third kappa shape index (κ3) is 4.96. The smallest absolute Gasteiger partial charge is 0.272 e. The van der Waals surface area contributed by atoms with Gasteiger partial charge in [-0.1, -0.05) is 53.5 Å². The summed E-state index contributed by atoms with van der Waals surface area (Å²) in [5.41, 5.74) is 4.89. The van der Waals surface area contributed by atoms with Crippen molar-refractivity contribution in [1.29, 1.82) is 0 Å².